The molecule has 0 bridgehead atoms. The molecule has 0 aliphatic rings. The molecule has 126 valence electrons. The van der Waals surface area contributed by atoms with Crippen LogP contribution in [0.25, 0.3) is 42.6 Å². The van der Waals surface area contributed by atoms with Crippen LogP contribution in [0.2, 0.25) is 0 Å². The molecule has 0 saturated heterocycles. The molecular formula is C23H19N2S+. The Balaban J connectivity index is 1.73. The Morgan fingerprint density at radius 1 is 1.00 bits per heavy atom. The number of hydrogen-bond acceptors (Lipinski definition) is 2. The van der Waals surface area contributed by atoms with E-state index in [1.807, 2.05) is 31.2 Å². The summed E-state index contributed by atoms with van der Waals surface area (Å²) in [6.07, 6.45) is 0. The second-order valence-electron chi connectivity index (χ2n) is 6.66. The van der Waals surface area contributed by atoms with E-state index in [4.69, 9.17) is 9.10 Å². The van der Waals surface area contributed by atoms with E-state index >= 15 is 0 Å². The molecule has 2 nitrogen and oxygen atoms in total. The highest BCUT2D eigenvalue weighted by atomic mass is 32.1. The van der Waals surface area contributed by atoms with Gasteiger partial charge in [0.2, 0.25) is 5.69 Å². The van der Waals surface area contributed by atoms with Crippen LogP contribution >= 0.6 is 11.3 Å². The number of thiophene rings is 1. The largest absolute Gasteiger partial charge is 0.271 e. The first-order valence-corrected chi connectivity index (χ1v) is 9.37. The van der Waals surface area contributed by atoms with Crippen molar-refractivity contribution < 1.29 is 8.68 Å². The molecule has 0 unspecified atom stereocenters. The van der Waals surface area contributed by atoms with Gasteiger partial charge in [0.05, 0.1) is 10.9 Å². The lowest BCUT2D eigenvalue weighted by Crippen LogP contribution is -2.31. The van der Waals surface area contributed by atoms with Gasteiger partial charge >= 0.3 is 0 Å². The predicted octanol–water partition coefficient (Wildman–Crippen LogP) is 5.71. The first kappa shape index (κ1) is 12.6. The van der Waals surface area contributed by atoms with Crippen LogP contribution in [0.3, 0.4) is 0 Å². The van der Waals surface area contributed by atoms with Crippen LogP contribution in [-0.4, -0.2) is 4.98 Å². The molecule has 0 aliphatic heterocycles. The average Bonchev–Trinajstić information content (AvgIpc) is 3.04. The minimum Gasteiger partial charge on any atom is -0.237 e. The summed E-state index contributed by atoms with van der Waals surface area (Å²) < 4.78 is 25.1. The van der Waals surface area contributed by atoms with Crippen LogP contribution in [0.1, 0.15) is 15.2 Å². The Morgan fingerprint density at radius 2 is 1.88 bits per heavy atom. The highest BCUT2D eigenvalue weighted by molar-refractivity contribution is 7.24. The predicted molar refractivity (Wildman–Crippen MR) is 111 cm³/mol. The molecule has 0 fully saturated rings. The van der Waals surface area contributed by atoms with E-state index in [9.17, 15) is 0 Å². The molecule has 5 rings (SSSR count). The number of nitrogens with zero attached hydrogens (tertiary/aromatic N) is 2. The maximum Gasteiger partial charge on any atom is 0.271 e. The van der Waals surface area contributed by atoms with Gasteiger partial charge in [-0.25, -0.2) is 4.98 Å². The van der Waals surface area contributed by atoms with E-state index in [1.165, 1.54) is 10.8 Å². The van der Waals surface area contributed by atoms with E-state index in [2.05, 4.69) is 35.9 Å². The standard InChI is InChI=1S/C23H19N2S/c1-14-8-9-17(15(2)12-14)21-11-10-18-19-13-16-6-4-5-7-20(16)24-22(19)26-23(18)25(21)3/h4-13H,1-3H3/q+1/i1D3. The number of aryl methyl sites for hydroxylation is 3. The van der Waals surface area contributed by atoms with Gasteiger partial charge in [0.1, 0.15) is 11.9 Å². The molecule has 0 aliphatic carbocycles. The zero-order chi connectivity index (χ0) is 20.3. The lowest BCUT2D eigenvalue weighted by atomic mass is 10.0. The lowest BCUT2D eigenvalue weighted by molar-refractivity contribution is -0.631. The van der Waals surface area contributed by atoms with Gasteiger partial charge in [-0.1, -0.05) is 35.9 Å². The summed E-state index contributed by atoms with van der Waals surface area (Å²) in [5, 5.41) is 3.49. The van der Waals surface area contributed by atoms with E-state index in [0.29, 0.717) is 5.56 Å². The Kier molecular flexibility index (Phi) is 2.71. The fourth-order valence-corrected chi connectivity index (χ4v) is 4.78. The van der Waals surface area contributed by atoms with Crippen molar-refractivity contribution in [1.29, 1.82) is 0 Å². The Labute approximate surface area is 160 Å². The van der Waals surface area contributed by atoms with Crippen molar-refractivity contribution >= 4 is 42.7 Å². The number of rotatable bonds is 1. The minimum absolute atomic E-state index is 0.375. The van der Waals surface area contributed by atoms with Gasteiger partial charge in [0, 0.05) is 26.5 Å². The fourth-order valence-electron chi connectivity index (χ4n) is 3.65. The number of fused-ring (bicyclic) bond motifs is 4. The van der Waals surface area contributed by atoms with E-state index in [1.54, 1.807) is 23.5 Å². The summed E-state index contributed by atoms with van der Waals surface area (Å²) in [6.45, 7) is -0.122. The zero-order valence-corrected chi connectivity index (χ0v) is 15.4. The first-order valence-electron chi connectivity index (χ1n) is 10.1. The van der Waals surface area contributed by atoms with Crippen LogP contribution in [-0.2, 0) is 7.05 Å². The smallest absolute Gasteiger partial charge is 0.237 e. The Bertz CT molecular complexity index is 1420. The van der Waals surface area contributed by atoms with Crippen LogP contribution in [0.5, 0.6) is 0 Å². The third kappa shape index (κ3) is 2.24. The summed E-state index contributed by atoms with van der Waals surface area (Å²) in [7, 11) is 2.06. The second kappa shape index (κ2) is 5.61. The molecule has 0 radical (unpaired) electrons. The minimum atomic E-state index is -2.09. The molecule has 26 heavy (non-hydrogen) atoms. The lowest BCUT2D eigenvalue weighted by Gasteiger charge is -2.06. The van der Waals surface area contributed by atoms with E-state index in [0.717, 1.165) is 37.4 Å². The monoisotopic (exact) mass is 358 g/mol. The van der Waals surface area contributed by atoms with Crippen molar-refractivity contribution in [3.8, 4) is 11.3 Å². The third-order valence-corrected chi connectivity index (χ3v) is 6.17. The molecular weight excluding hydrogens is 336 g/mol. The summed E-state index contributed by atoms with van der Waals surface area (Å²) >= 11 is 1.69. The van der Waals surface area contributed by atoms with Crippen LogP contribution in [0, 0.1) is 13.8 Å². The highest BCUT2D eigenvalue weighted by Gasteiger charge is 2.20. The molecule has 0 saturated carbocycles. The van der Waals surface area contributed by atoms with Crippen molar-refractivity contribution in [1.82, 2.24) is 4.98 Å². The molecule has 0 N–H and O–H groups in total. The van der Waals surface area contributed by atoms with E-state index < -0.39 is 6.85 Å². The van der Waals surface area contributed by atoms with Crippen molar-refractivity contribution in [2.24, 2.45) is 7.05 Å². The maximum atomic E-state index is 7.64. The molecule has 0 atom stereocenters. The number of para-hydroxylation sites is 1. The second-order valence-corrected chi connectivity index (χ2v) is 7.64. The number of aromatic nitrogens is 2. The van der Waals surface area contributed by atoms with Gasteiger partial charge in [-0.3, -0.25) is 0 Å². The number of pyridine rings is 2. The molecule has 0 spiro atoms. The fraction of sp³-hybridized carbons (Fsp3) is 0.130. The molecule has 3 heteroatoms. The molecule has 2 aromatic carbocycles. The Hall–Kier alpha value is -2.78. The summed E-state index contributed by atoms with van der Waals surface area (Å²) in [4.78, 5) is 7.04. The van der Waals surface area contributed by atoms with Gasteiger partial charge in [0.15, 0.2) is 0 Å². The average molecular weight is 359 g/mol. The van der Waals surface area contributed by atoms with Crippen molar-refractivity contribution in [3.05, 3.63) is 71.8 Å². The van der Waals surface area contributed by atoms with E-state index in [-0.39, 0.29) is 0 Å². The maximum absolute atomic E-state index is 7.64. The van der Waals surface area contributed by atoms with Crippen molar-refractivity contribution in [2.45, 2.75) is 13.8 Å². The van der Waals surface area contributed by atoms with Gasteiger partial charge in [-0.2, -0.15) is 4.57 Å². The topological polar surface area (TPSA) is 16.8 Å². The third-order valence-electron chi connectivity index (χ3n) is 4.98. The molecule has 5 aromatic rings. The summed E-state index contributed by atoms with van der Waals surface area (Å²) in [5.41, 5.74) is 4.44. The van der Waals surface area contributed by atoms with Crippen LogP contribution < -0.4 is 4.57 Å². The Morgan fingerprint density at radius 3 is 2.73 bits per heavy atom. The first-order chi connectivity index (χ1) is 13.8. The van der Waals surface area contributed by atoms with Gasteiger partial charge in [-0.05, 0) is 54.9 Å². The summed E-state index contributed by atoms with van der Waals surface area (Å²) in [6, 6.07) is 20.1. The normalized spacial score (nSPS) is 13.8. The molecule has 3 heterocycles. The van der Waals surface area contributed by atoms with Crippen molar-refractivity contribution in [3.63, 3.8) is 0 Å². The van der Waals surface area contributed by atoms with Crippen LogP contribution in [0.15, 0.2) is 60.7 Å². The molecule has 0 amide bonds. The quantitative estimate of drug-likeness (QED) is 0.351. The van der Waals surface area contributed by atoms with Gasteiger partial charge in [0.25, 0.3) is 4.83 Å². The number of benzene rings is 2. The number of hydrogen-bond donors (Lipinski definition) is 0. The summed E-state index contributed by atoms with van der Waals surface area (Å²) in [5.74, 6) is 0. The highest BCUT2D eigenvalue weighted by Crippen LogP contribution is 2.34. The van der Waals surface area contributed by atoms with Crippen molar-refractivity contribution in [2.75, 3.05) is 0 Å². The van der Waals surface area contributed by atoms with Crippen LogP contribution in [0.4, 0.5) is 0 Å². The zero-order valence-electron chi connectivity index (χ0n) is 17.6. The SMILES string of the molecule is [2H]C([2H])([2H])c1ccc(-c2ccc3c4cc5ccccc5nc4sc3[n+]2C)c(C)c1. The van der Waals surface area contributed by atoms with Gasteiger partial charge in [-0.15, -0.1) is 0 Å². The van der Waals surface area contributed by atoms with Gasteiger partial charge < -0.3 is 0 Å². The molecule has 3 aromatic heterocycles.